The van der Waals surface area contributed by atoms with Crippen LogP contribution in [0.4, 0.5) is 0 Å². The summed E-state index contributed by atoms with van der Waals surface area (Å²) in [6.45, 7) is 0. The predicted octanol–water partition coefficient (Wildman–Crippen LogP) is 7.07. The van der Waals surface area contributed by atoms with Gasteiger partial charge in [0.2, 0.25) is 0 Å². The van der Waals surface area contributed by atoms with Crippen molar-refractivity contribution in [3.8, 4) is 0 Å². The second kappa shape index (κ2) is 9.92. The van der Waals surface area contributed by atoms with Gasteiger partial charge in [-0.2, -0.15) is 0 Å². The molecule has 0 spiro atoms. The summed E-state index contributed by atoms with van der Waals surface area (Å²) in [7, 11) is -1.91. The van der Waals surface area contributed by atoms with Crippen molar-refractivity contribution in [3.05, 3.63) is 125 Å². The van der Waals surface area contributed by atoms with Crippen molar-refractivity contribution in [2.75, 3.05) is 0 Å². The van der Waals surface area contributed by atoms with Gasteiger partial charge in [-0.05, 0) is 54.1 Å². The summed E-state index contributed by atoms with van der Waals surface area (Å²) in [6, 6.07) is 38.5. The molecule has 0 radical (unpaired) electrons. The van der Waals surface area contributed by atoms with Crippen molar-refractivity contribution in [2.45, 2.75) is 6.16 Å². The molecule has 0 aliphatic carbocycles. The first-order valence-corrected chi connectivity index (χ1v) is 11.9. The van der Waals surface area contributed by atoms with E-state index in [1.54, 1.807) is 0 Å². The van der Waals surface area contributed by atoms with Crippen LogP contribution in [0.1, 0.15) is 5.56 Å². The van der Waals surface area contributed by atoms with Gasteiger partial charge in [-0.25, -0.2) is 0 Å². The van der Waals surface area contributed by atoms with E-state index in [0.717, 1.165) is 6.16 Å². The van der Waals surface area contributed by atoms with Crippen molar-refractivity contribution >= 4 is 63.4 Å². The second-order valence-corrected chi connectivity index (χ2v) is 11.0. The van der Waals surface area contributed by atoms with Gasteiger partial charge < -0.3 is 0 Å². The molecule has 0 amide bonds. The Hall–Kier alpha value is -1.63. The van der Waals surface area contributed by atoms with E-state index in [0.29, 0.717) is 10.0 Å². The average Bonchev–Trinajstić information content (AvgIpc) is 2.76. The van der Waals surface area contributed by atoms with E-state index < -0.39 is 7.26 Å². The first kappa shape index (κ1) is 22.1. The number of halogens is 3. The second-order valence-electron chi connectivity index (χ2n) is 6.72. The first-order valence-electron chi connectivity index (χ1n) is 9.19. The Morgan fingerprint density at radius 1 is 0.517 bits per heavy atom. The maximum Gasteiger partial charge on any atom is 0.116 e. The van der Waals surface area contributed by atoms with Crippen molar-refractivity contribution in [2.24, 2.45) is 0 Å². The molecule has 4 aromatic rings. The Morgan fingerprint density at radius 2 is 0.931 bits per heavy atom. The molecule has 0 N–H and O–H groups in total. The van der Waals surface area contributed by atoms with Gasteiger partial charge in [-0.1, -0.05) is 83.9 Å². The summed E-state index contributed by atoms with van der Waals surface area (Å²) in [6.07, 6.45) is 0.891. The molecule has 0 saturated carbocycles. The van der Waals surface area contributed by atoms with E-state index in [1.165, 1.54) is 21.5 Å². The lowest BCUT2D eigenvalue weighted by atomic mass is 10.2. The van der Waals surface area contributed by atoms with Crippen molar-refractivity contribution in [1.82, 2.24) is 0 Å². The molecule has 4 heteroatoms. The highest BCUT2D eigenvalue weighted by atomic mass is 79.9. The lowest BCUT2D eigenvalue weighted by molar-refractivity contribution is 1.39. The summed E-state index contributed by atoms with van der Waals surface area (Å²) < 4.78 is 0. The average molecular weight is 503 g/mol. The Bertz CT molecular complexity index is 957. The van der Waals surface area contributed by atoms with E-state index in [4.69, 9.17) is 23.2 Å². The maximum absolute atomic E-state index is 6.36. The topological polar surface area (TPSA) is 0 Å². The van der Waals surface area contributed by atoms with Crippen molar-refractivity contribution in [3.63, 3.8) is 0 Å². The molecular formula is C25H21BrCl2P+. The minimum Gasteiger partial charge on any atom is -0.114 e. The van der Waals surface area contributed by atoms with Crippen LogP contribution in [0, 0.1) is 0 Å². The molecule has 0 atom stereocenters. The fourth-order valence-corrected chi connectivity index (χ4v) is 8.23. The molecule has 0 aliphatic rings. The van der Waals surface area contributed by atoms with Crippen LogP contribution in [0.15, 0.2) is 109 Å². The van der Waals surface area contributed by atoms with Crippen LogP contribution >= 0.6 is 47.4 Å². The van der Waals surface area contributed by atoms with Crippen LogP contribution in [0.3, 0.4) is 0 Å². The summed E-state index contributed by atoms with van der Waals surface area (Å²) in [4.78, 5) is 0. The van der Waals surface area contributed by atoms with Crippen LogP contribution in [0.2, 0.25) is 10.0 Å². The fraction of sp³-hybridized carbons (Fsp3) is 0.0400. The molecule has 0 nitrogen and oxygen atoms in total. The Labute approximate surface area is 193 Å². The maximum atomic E-state index is 6.36. The number of rotatable bonds is 5. The molecule has 0 heterocycles. The monoisotopic (exact) mass is 501 g/mol. The normalized spacial score (nSPS) is 11.0. The van der Waals surface area contributed by atoms with Gasteiger partial charge in [-0.15, -0.1) is 17.0 Å². The Morgan fingerprint density at radius 3 is 1.31 bits per heavy atom. The smallest absolute Gasteiger partial charge is 0.114 e. The lowest BCUT2D eigenvalue weighted by Crippen LogP contribution is -2.32. The van der Waals surface area contributed by atoms with Crippen LogP contribution in [-0.2, 0) is 6.16 Å². The van der Waals surface area contributed by atoms with Gasteiger partial charge in [-0.3, -0.25) is 0 Å². The van der Waals surface area contributed by atoms with Crippen molar-refractivity contribution < 1.29 is 0 Å². The number of benzene rings is 4. The summed E-state index contributed by atoms with van der Waals surface area (Å²) in [5.41, 5.74) is 1.19. The van der Waals surface area contributed by atoms with E-state index in [2.05, 4.69) is 97.1 Å². The standard InChI is InChI=1S/C25H20Cl2P.BrH/c26-24-17-16-20(18-25(24)27)19-28(21-10-4-1-5-11-21,22-12-6-2-7-13-22)23-14-8-3-9-15-23;/h1-18H,19H2;1H/q+1;. The number of hydrogen-bond acceptors (Lipinski definition) is 0. The third-order valence-electron chi connectivity index (χ3n) is 4.99. The zero-order chi connectivity index (χ0) is 19.4. The molecule has 0 aliphatic heterocycles. The SMILES string of the molecule is Br.Clc1ccc(C[P+](c2ccccc2)(c2ccccc2)c2ccccc2)cc1Cl. The summed E-state index contributed by atoms with van der Waals surface area (Å²) in [5, 5.41) is 5.27. The minimum absolute atomic E-state index is 0. The third kappa shape index (κ3) is 4.60. The Kier molecular flexibility index (Phi) is 7.55. The first-order chi connectivity index (χ1) is 13.7. The zero-order valence-electron chi connectivity index (χ0n) is 15.7. The van der Waals surface area contributed by atoms with E-state index in [-0.39, 0.29) is 17.0 Å². The van der Waals surface area contributed by atoms with Crippen LogP contribution in [0.5, 0.6) is 0 Å². The molecule has 0 saturated heterocycles. The largest absolute Gasteiger partial charge is 0.116 e. The summed E-state index contributed by atoms with van der Waals surface area (Å²) in [5.74, 6) is 0. The van der Waals surface area contributed by atoms with Crippen LogP contribution in [0.25, 0.3) is 0 Å². The van der Waals surface area contributed by atoms with E-state index >= 15 is 0 Å². The molecule has 146 valence electrons. The molecular weight excluding hydrogens is 482 g/mol. The quantitative estimate of drug-likeness (QED) is 0.256. The van der Waals surface area contributed by atoms with Crippen LogP contribution < -0.4 is 15.9 Å². The van der Waals surface area contributed by atoms with E-state index in [1.807, 2.05) is 12.1 Å². The third-order valence-corrected chi connectivity index (χ3v) is 10.1. The lowest BCUT2D eigenvalue weighted by Gasteiger charge is -2.28. The molecule has 4 rings (SSSR count). The minimum atomic E-state index is -1.91. The molecule has 29 heavy (non-hydrogen) atoms. The molecule has 0 bridgehead atoms. The van der Waals surface area contributed by atoms with Gasteiger partial charge >= 0.3 is 0 Å². The Balaban J connectivity index is 0.00000240. The summed E-state index contributed by atoms with van der Waals surface area (Å²) >= 11 is 12.5. The number of hydrogen-bond donors (Lipinski definition) is 0. The van der Waals surface area contributed by atoms with Gasteiger partial charge in [0.15, 0.2) is 0 Å². The van der Waals surface area contributed by atoms with Gasteiger partial charge in [0.1, 0.15) is 23.2 Å². The van der Waals surface area contributed by atoms with Gasteiger partial charge in [0.25, 0.3) is 0 Å². The van der Waals surface area contributed by atoms with Gasteiger partial charge in [0, 0.05) is 0 Å². The molecule has 0 aromatic heterocycles. The zero-order valence-corrected chi connectivity index (χ0v) is 19.8. The van der Waals surface area contributed by atoms with Crippen LogP contribution in [-0.4, -0.2) is 0 Å². The fourth-order valence-electron chi connectivity index (χ4n) is 3.68. The highest BCUT2D eigenvalue weighted by Gasteiger charge is 2.45. The van der Waals surface area contributed by atoms with Crippen molar-refractivity contribution in [1.29, 1.82) is 0 Å². The molecule has 0 fully saturated rings. The highest BCUT2D eigenvalue weighted by molar-refractivity contribution is 8.93. The van der Waals surface area contributed by atoms with E-state index in [9.17, 15) is 0 Å². The predicted molar refractivity (Wildman–Crippen MR) is 136 cm³/mol. The molecule has 0 unspecified atom stereocenters. The van der Waals surface area contributed by atoms with Gasteiger partial charge in [0.05, 0.1) is 16.2 Å². The highest BCUT2D eigenvalue weighted by Crippen LogP contribution is 2.58. The molecule has 4 aromatic carbocycles.